The van der Waals surface area contributed by atoms with E-state index in [1.807, 2.05) is 98.9 Å². The summed E-state index contributed by atoms with van der Waals surface area (Å²) in [7, 11) is -1.29. The molecule has 0 bridgehead atoms. The number of furan rings is 2. The molecule has 0 N–H and O–H groups in total. The largest absolute Gasteiger partial charge is 0.501 e. The number of rotatable bonds is 5. The smallest absolute Gasteiger partial charge is 0.158 e. The van der Waals surface area contributed by atoms with Gasteiger partial charge in [-0.05, 0) is 41.2 Å². The van der Waals surface area contributed by atoms with Crippen molar-refractivity contribution in [1.82, 2.24) is 14.5 Å². The first-order valence-corrected chi connectivity index (χ1v) is 21.7. The van der Waals surface area contributed by atoms with E-state index in [0.29, 0.717) is 0 Å². The molecule has 10 aromatic rings. The third kappa shape index (κ3) is 6.63. The van der Waals surface area contributed by atoms with Crippen molar-refractivity contribution in [3.05, 3.63) is 157 Å². The summed E-state index contributed by atoms with van der Waals surface area (Å²) in [6, 6.07) is 51.5. The minimum Gasteiger partial charge on any atom is -0.501 e. The Morgan fingerprint density at radius 2 is 1.36 bits per heavy atom. The summed E-state index contributed by atoms with van der Waals surface area (Å²) in [4.78, 5) is 9.63. The number of imidazole rings is 1. The quantitative estimate of drug-likeness (QED) is 0.128. The number of nitrogens with zero attached hydrogens (tertiary/aromatic N) is 3. The Balaban J connectivity index is 0.000000181. The molecule has 10 rings (SSSR count). The van der Waals surface area contributed by atoms with E-state index >= 15 is 0 Å². The number of benzene rings is 6. The minimum absolute atomic E-state index is 0. The summed E-state index contributed by atoms with van der Waals surface area (Å²) < 4.78 is 22.9. The number of aromatic nitrogens is 3. The molecule has 0 atom stereocenters. The van der Waals surface area contributed by atoms with Crippen LogP contribution in [-0.2, 0) is 20.1 Å². The van der Waals surface area contributed by atoms with Gasteiger partial charge in [0.2, 0.25) is 0 Å². The summed E-state index contributed by atoms with van der Waals surface area (Å²) in [5, 5.41) is 5.67. The van der Waals surface area contributed by atoms with Crippen LogP contribution in [0.3, 0.4) is 0 Å². The molecule has 0 spiro atoms. The van der Waals surface area contributed by atoms with E-state index in [1.165, 1.54) is 5.19 Å². The van der Waals surface area contributed by atoms with Crippen LogP contribution in [0, 0.1) is 12.1 Å². The van der Waals surface area contributed by atoms with E-state index in [1.54, 1.807) is 0 Å². The topological polar surface area (TPSA) is 57.0 Å². The van der Waals surface area contributed by atoms with E-state index in [0.717, 1.165) is 88.8 Å². The molecule has 0 saturated carbocycles. The van der Waals surface area contributed by atoms with Gasteiger partial charge < -0.3 is 18.4 Å². The van der Waals surface area contributed by atoms with E-state index in [-0.39, 0.29) is 20.1 Å². The van der Waals surface area contributed by atoms with Crippen molar-refractivity contribution in [3.63, 3.8) is 0 Å². The van der Waals surface area contributed by atoms with Crippen LogP contribution in [0.2, 0.25) is 19.6 Å². The Bertz CT molecular complexity index is 2950. The Labute approximate surface area is 336 Å². The Morgan fingerprint density at radius 1 is 0.691 bits per heavy atom. The summed E-state index contributed by atoms with van der Waals surface area (Å²) in [6.45, 7) is 10.7. The summed E-state index contributed by atoms with van der Waals surface area (Å²) in [6.07, 6.45) is 2.00. The van der Waals surface area contributed by atoms with Crippen LogP contribution < -0.4 is 5.19 Å². The normalized spacial score (nSPS) is 12.2. The zero-order valence-electron chi connectivity index (χ0n) is 32.3. The average molecular weight is 911 g/mol. The Hall–Kier alpha value is -5.59. The van der Waals surface area contributed by atoms with Crippen molar-refractivity contribution in [2.24, 2.45) is 0 Å². The van der Waals surface area contributed by atoms with Crippen molar-refractivity contribution in [2.75, 3.05) is 0 Å². The van der Waals surface area contributed by atoms with E-state index < -0.39 is 14.0 Å². The van der Waals surface area contributed by atoms with Crippen molar-refractivity contribution < 1.29 is 30.3 Å². The first-order chi connectivity index (χ1) is 26.5. The maximum Gasteiger partial charge on any atom is 0.158 e. The van der Waals surface area contributed by atoms with E-state index in [9.17, 15) is 0 Å². The average Bonchev–Trinajstić information content (AvgIpc) is 3.89. The molecule has 273 valence electrons. The second-order valence-corrected chi connectivity index (χ2v) is 20.0. The molecular formula is C48H39IrN3O2Si-2. The van der Waals surface area contributed by atoms with Crippen LogP contribution >= 0.6 is 0 Å². The number of fused-ring (bicyclic) bond motifs is 7. The summed E-state index contributed by atoms with van der Waals surface area (Å²) >= 11 is 0. The van der Waals surface area contributed by atoms with Gasteiger partial charge in [0, 0.05) is 43.8 Å². The second kappa shape index (κ2) is 14.6. The van der Waals surface area contributed by atoms with Crippen LogP contribution in [-0.4, -0.2) is 22.6 Å². The third-order valence-electron chi connectivity index (χ3n) is 10.0. The van der Waals surface area contributed by atoms with Gasteiger partial charge in [-0.3, -0.25) is 4.98 Å². The number of pyridine rings is 1. The number of hydrogen-bond donors (Lipinski definition) is 0. The molecule has 0 amide bonds. The van der Waals surface area contributed by atoms with Crippen LogP contribution in [0.1, 0.15) is 26.7 Å². The van der Waals surface area contributed by atoms with Gasteiger partial charge in [-0.1, -0.05) is 123 Å². The van der Waals surface area contributed by atoms with Gasteiger partial charge in [-0.2, -0.15) is 0 Å². The van der Waals surface area contributed by atoms with Gasteiger partial charge >= 0.3 is 0 Å². The molecular weight excluding hydrogens is 871 g/mol. The third-order valence-corrected chi connectivity index (χ3v) is 12.1. The van der Waals surface area contributed by atoms with E-state index in [4.69, 9.17) is 15.2 Å². The van der Waals surface area contributed by atoms with Crippen LogP contribution in [0.5, 0.6) is 0 Å². The zero-order chi connectivity index (χ0) is 37.9. The maximum atomic E-state index is 8.01. The van der Waals surface area contributed by atoms with Gasteiger partial charge in [0.15, 0.2) is 5.58 Å². The molecule has 1 radical (unpaired) electrons. The molecule has 6 aromatic carbocycles. The fraction of sp³-hybridized carbons (Fsp3) is 0.125. The molecule has 0 fully saturated rings. The van der Waals surface area contributed by atoms with Gasteiger partial charge in [-0.25, -0.2) is 0 Å². The van der Waals surface area contributed by atoms with Gasteiger partial charge in [-0.15, -0.1) is 53.6 Å². The van der Waals surface area contributed by atoms with Gasteiger partial charge in [0.1, 0.15) is 11.2 Å². The van der Waals surface area contributed by atoms with Crippen LogP contribution in [0.25, 0.3) is 83.2 Å². The van der Waals surface area contributed by atoms with Gasteiger partial charge in [0.25, 0.3) is 0 Å². The zero-order valence-corrected chi connectivity index (χ0v) is 34.7. The van der Waals surface area contributed by atoms with Crippen LogP contribution in [0.4, 0.5) is 0 Å². The number of para-hydroxylation sites is 5. The fourth-order valence-corrected chi connectivity index (χ4v) is 8.13. The molecule has 55 heavy (non-hydrogen) atoms. The molecule has 0 aliphatic heterocycles. The van der Waals surface area contributed by atoms with Crippen molar-refractivity contribution >= 4 is 68.2 Å². The minimum atomic E-state index is -1.29. The first-order valence-electron chi connectivity index (χ1n) is 18.7. The standard InChI is InChI=1S/C31H17N2O2.C17H22NSi.Ir/c1-5-17-27-19(9-1)21-11-7-13-23(29(21)34-27)31-32-24-14-3-4-15-25(24)33(31)26-16-8-12-22-20-10-2-6-18-28(20)35-30(22)26;1-13(2)14-6-8-15(9-7-14)17-11-10-16(12-18-17)19(3,4)5;/h1-12,14-18H;6-8,10-13H,1-5H3;/q2*-1;/i;13D;. The van der Waals surface area contributed by atoms with Crippen molar-refractivity contribution in [1.29, 1.82) is 0 Å². The van der Waals surface area contributed by atoms with Crippen LogP contribution in [0.15, 0.2) is 148 Å². The SMILES string of the molecule is [2H]C(C)(C)c1c[c-]c(-c2ccc([Si](C)(C)C)cn2)cc1.[Ir].[c-]1ccc2c(oc3ccccc32)c1-c1nc2ccccc2n1-c1cccc2c1oc1ccccc12. The molecule has 0 aliphatic carbocycles. The molecule has 7 heteroatoms. The van der Waals surface area contributed by atoms with Gasteiger partial charge in [0.05, 0.1) is 36.2 Å². The number of hydrogen-bond acceptors (Lipinski definition) is 4. The maximum absolute atomic E-state index is 8.01. The summed E-state index contributed by atoms with van der Waals surface area (Å²) in [5.74, 6) is 0.188. The second-order valence-electron chi connectivity index (χ2n) is 14.9. The van der Waals surface area contributed by atoms with E-state index in [2.05, 4.69) is 95.9 Å². The predicted octanol–water partition coefficient (Wildman–Crippen LogP) is 12.5. The molecule has 5 nitrogen and oxygen atoms in total. The molecule has 0 aliphatic rings. The monoisotopic (exact) mass is 911 g/mol. The molecule has 4 aromatic heterocycles. The molecule has 0 saturated heterocycles. The van der Waals surface area contributed by atoms with Crippen molar-refractivity contribution in [3.8, 4) is 28.3 Å². The fourth-order valence-electron chi connectivity index (χ4n) is 7.09. The molecule has 4 heterocycles. The predicted molar refractivity (Wildman–Crippen MR) is 225 cm³/mol. The first kappa shape index (κ1) is 35.1. The Morgan fingerprint density at radius 3 is 2.04 bits per heavy atom. The molecule has 0 unspecified atom stereocenters. The summed E-state index contributed by atoms with van der Waals surface area (Å²) in [5.41, 5.74) is 9.89. The van der Waals surface area contributed by atoms with Crippen molar-refractivity contribution in [2.45, 2.75) is 39.4 Å². The Kier molecular flexibility index (Phi) is 9.31.